The Morgan fingerprint density at radius 2 is 2.09 bits per heavy atom. The van der Waals surface area contributed by atoms with Crippen LogP contribution in [0, 0.1) is 5.92 Å². The molecular formula is C16H23N3O3S. The Balaban J connectivity index is 1.58. The van der Waals surface area contributed by atoms with Gasteiger partial charge in [-0.25, -0.2) is 13.1 Å². The number of amides is 1. The van der Waals surface area contributed by atoms with E-state index in [9.17, 15) is 13.2 Å². The highest BCUT2D eigenvalue weighted by molar-refractivity contribution is 7.89. The van der Waals surface area contributed by atoms with E-state index < -0.39 is 10.0 Å². The number of nitrogens with one attached hydrogen (secondary N) is 3. The van der Waals surface area contributed by atoms with Crippen molar-refractivity contribution in [2.24, 2.45) is 5.92 Å². The molecular weight excluding hydrogens is 314 g/mol. The molecule has 7 heteroatoms. The average Bonchev–Trinajstić information content (AvgIpc) is 3.18. The van der Waals surface area contributed by atoms with Gasteiger partial charge in [0.05, 0.1) is 4.90 Å². The van der Waals surface area contributed by atoms with Crippen LogP contribution in [-0.2, 0) is 10.0 Å². The molecule has 0 spiro atoms. The lowest BCUT2D eigenvalue weighted by Gasteiger charge is -2.10. The third-order valence-corrected chi connectivity index (χ3v) is 5.82. The second-order valence-electron chi connectivity index (χ2n) is 6.33. The molecule has 1 amide bonds. The molecule has 0 radical (unpaired) electrons. The van der Waals surface area contributed by atoms with Crippen molar-refractivity contribution >= 4 is 15.9 Å². The molecule has 2 fully saturated rings. The third-order valence-electron chi connectivity index (χ3n) is 4.31. The Morgan fingerprint density at radius 3 is 2.78 bits per heavy atom. The summed E-state index contributed by atoms with van der Waals surface area (Å²) in [6, 6.07) is 6.26. The lowest BCUT2D eigenvalue weighted by atomic mass is 10.1. The van der Waals surface area contributed by atoms with Gasteiger partial charge in [-0.3, -0.25) is 4.79 Å². The van der Waals surface area contributed by atoms with Gasteiger partial charge in [-0.05, 0) is 62.9 Å². The zero-order valence-corrected chi connectivity index (χ0v) is 13.9. The van der Waals surface area contributed by atoms with Gasteiger partial charge in [-0.15, -0.1) is 0 Å². The molecule has 126 valence electrons. The Bertz CT molecular complexity index is 665. The first-order valence-corrected chi connectivity index (χ1v) is 9.64. The monoisotopic (exact) mass is 337 g/mol. The molecule has 0 bridgehead atoms. The van der Waals surface area contributed by atoms with E-state index in [-0.39, 0.29) is 16.8 Å². The topological polar surface area (TPSA) is 87.3 Å². The van der Waals surface area contributed by atoms with Gasteiger partial charge in [-0.2, -0.15) is 0 Å². The molecule has 3 rings (SSSR count). The standard InChI is InChI=1S/C16H23N3O3S/c20-16(18-9-7-12-6-8-17-11-12)13-2-1-3-15(10-13)23(21,22)19-14-4-5-14/h1-3,10,12,14,17,19H,4-9,11H2,(H,18,20). The van der Waals surface area contributed by atoms with E-state index in [1.165, 1.54) is 12.1 Å². The van der Waals surface area contributed by atoms with Crippen LogP contribution in [0.5, 0.6) is 0 Å². The molecule has 1 aromatic carbocycles. The van der Waals surface area contributed by atoms with Crippen molar-refractivity contribution in [1.29, 1.82) is 0 Å². The van der Waals surface area contributed by atoms with Crippen molar-refractivity contribution in [3.05, 3.63) is 29.8 Å². The summed E-state index contributed by atoms with van der Waals surface area (Å²) in [6.07, 6.45) is 3.86. The fraction of sp³-hybridized carbons (Fsp3) is 0.562. The smallest absolute Gasteiger partial charge is 0.251 e. The fourth-order valence-electron chi connectivity index (χ4n) is 2.75. The minimum absolute atomic E-state index is 0.0532. The van der Waals surface area contributed by atoms with Crippen LogP contribution in [-0.4, -0.2) is 40.0 Å². The predicted molar refractivity (Wildman–Crippen MR) is 87.7 cm³/mol. The highest BCUT2D eigenvalue weighted by atomic mass is 32.2. The van der Waals surface area contributed by atoms with E-state index in [0.717, 1.165) is 38.8 Å². The summed E-state index contributed by atoms with van der Waals surface area (Å²) in [6.45, 7) is 2.67. The fourth-order valence-corrected chi connectivity index (χ4v) is 4.10. The summed E-state index contributed by atoms with van der Waals surface area (Å²) in [7, 11) is -3.52. The molecule has 23 heavy (non-hydrogen) atoms. The van der Waals surface area contributed by atoms with E-state index in [1.807, 2.05) is 0 Å². The summed E-state index contributed by atoms with van der Waals surface area (Å²) in [5.74, 6) is 0.393. The summed E-state index contributed by atoms with van der Waals surface area (Å²) < 4.78 is 27.0. The maximum Gasteiger partial charge on any atom is 0.251 e. The zero-order valence-electron chi connectivity index (χ0n) is 13.0. The van der Waals surface area contributed by atoms with Crippen LogP contribution < -0.4 is 15.4 Å². The number of sulfonamides is 1. The van der Waals surface area contributed by atoms with E-state index in [1.54, 1.807) is 12.1 Å². The van der Waals surface area contributed by atoms with Crippen LogP contribution in [0.1, 0.15) is 36.0 Å². The molecule has 1 heterocycles. The summed E-state index contributed by atoms with van der Waals surface area (Å²) in [4.78, 5) is 12.3. The molecule has 1 saturated heterocycles. The van der Waals surface area contributed by atoms with Gasteiger partial charge in [0.15, 0.2) is 0 Å². The maximum absolute atomic E-state index is 12.2. The summed E-state index contributed by atoms with van der Waals surface area (Å²) in [5, 5.41) is 6.18. The predicted octanol–water partition coefficient (Wildman–Crippen LogP) is 0.857. The Morgan fingerprint density at radius 1 is 1.26 bits per heavy atom. The minimum atomic E-state index is -3.52. The maximum atomic E-state index is 12.2. The van der Waals surface area contributed by atoms with Crippen molar-refractivity contribution in [1.82, 2.24) is 15.4 Å². The van der Waals surface area contributed by atoms with E-state index in [4.69, 9.17) is 0 Å². The van der Waals surface area contributed by atoms with Gasteiger partial charge in [0.1, 0.15) is 0 Å². The minimum Gasteiger partial charge on any atom is -0.352 e. The SMILES string of the molecule is O=C(NCCC1CCNC1)c1cccc(S(=O)(=O)NC2CC2)c1. The number of carbonyl (C=O) groups is 1. The number of rotatable bonds is 7. The van der Waals surface area contributed by atoms with Crippen molar-refractivity contribution < 1.29 is 13.2 Å². The van der Waals surface area contributed by atoms with Crippen LogP contribution in [0.2, 0.25) is 0 Å². The number of carbonyl (C=O) groups excluding carboxylic acids is 1. The highest BCUT2D eigenvalue weighted by Gasteiger charge is 2.28. The van der Waals surface area contributed by atoms with Gasteiger partial charge >= 0.3 is 0 Å². The Labute approximate surface area is 137 Å². The summed E-state index contributed by atoms with van der Waals surface area (Å²) in [5.41, 5.74) is 0.383. The second-order valence-corrected chi connectivity index (χ2v) is 8.04. The summed E-state index contributed by atoms with van der Waals surface area (Å²) >= 11 is 0. The first kappa shape index (κ1) is 16.4. The van der Waals surface area contributed by atoms with Crippen molar-refractivity contribution in [2.75, 3.05) is 19.6 Å². The van der Waals surface area contributed by atoms with E-state index in [0.29, 0.717) is 18.0 Å². The molecule has 1 aromatic rings. The van der Waals surface area contributed by atoms with Gasteiger partial charge < -0.3 is 10.6 Å². The molecule has 1 aliphatic heterocycles. The molecule has 6 nitrogen and oxygen atoms in total. The first-order valence-electron chi connectivity index (χ1n) is 8.16. The van der Waals surface area contributed by atoms with Crippen LogP contribution in [0.3, 0.4) is 0 Å². The quantitative estimate of drug-likeness (QED) is 0.689. The largest absolute Gasteiger partial charge is 0.352 e. The van der Waals surface area contributed by atoms with Gasteiger partial charge in [-0.1, -0.05) is 6.07 Å². The van der Waals surface area contributed by atoms with Crippen molar-refractivity contribution in [2.45, 2.75) is 36.6 Å². The number of benzene rings is 1. The molecule has 2 aliphatic rings. The van der Waals surface area contributed by atoms with Gasteiger partial charge in [0.2, 0.25) is 10.0 Å². The molecule has 0 aromatic heterocycles. The van der Waals surface area contributed by atoms with E-state index >= 15 is 0 Å². The Hall–Kier alpha value is -1.44. The molecule has 3 N–H and O–H groups in total. The van der Waals surface area contributed by atoms with Crippen molar-refractivity contribution in [3.63, 3.8) is 0 Å². The number of hydrogen-bond donors (Lipinski definition) is 3. The van der Waals surface area contributed by atoms with Gasteiger partial charge in [0, 0.05) is 18.2 Å². The normalized spacial score (nSPS) is 21.3. The van der Waals surface area contributed by atoms with Crippen LogP contribution in [0.4, 0.5) is 0 Å². The molecule has 1 saturated carbocycles. The molecule has 1 unspecified atom stereocenters. The van der Waals surface area contributed by atoms with Crippen LogP contribution in [0.15, 0.2) is 29.2 Å². The lowest BCUT2D eigenvalue weighted by molar-refractivity contribution is 0.0951. The van der Waals surface area contributed by atoms with Crippen LogP contribution in [0.25, 0.3) is 0 Å². The number of hydrogen-bond acceptors (Lipinski definition) is 4. The van der Waals surface area contributed by atoms with Crippen LogP contribution >= 0.6 is 0 Å². The first-order chi connectivity index (χ1) is 11.0. The second kappa shape index (κ2) is 6.98. The highest BCUT2D eigenvalue weighted by Crippen LogP contribution is 2.22. The average molecular weight is 337 g/mol. The zero-order chi connectivity index (χ0) is 16.3. The Kier molecular flexibility index (Phi) is 4.99. The molecule has 1 aliphatic carbocycles. The van der Waals surface area contributed by atoms with Gasteiger partial charge in [0.25, 0.3) is 5.91 Å². The lowest BCUT2D eigenvalue weighted by Crippen LogP contribution is -2.28. The van der Waals surface area contributed by atoms with E-state index in [2.05, 4.69) is 15.4 Å². The van der Waals surface area contributed by atoms with Crippen molar-refractivity contribution in [3.8, 4) is 0 Å². The third kappa shape index (κ3) is 4.53. The molecule has 1 atom stereocenters.